The van der Waals surface area contributed by atoms with Crippen molar-refractivity contribution in [2.24, 2.45) is 0 Å². The Morgan fingerprint density at radius 1 is 1.04 bits per heavy atom. The Labute approximate surface area is 309 Å². The average Bonchev–Trinajstić information content (AvgIpc) is 3.75. The Kier molecular flexibility index (Phi) is 11.2. The number of aliphatic hydroxyl groups excluding tert-OH is 1. The van der Waals surface area contributed by atoms with E-state index in [1.165, 1.54) is 17.3 Å². The fraction of sp³-hybridized carbons (Fsp3) is 0.390. The predicted octanol–water partition coefficient (Wildman–Crippen LogP) is 6.04. The summed E-state index contributed by atoms with van der Waals surface area (Å²) in [5.74, 6) is 2.13. The molecule has 3 heterocycles. The molecule has 0 bridgehead atoms. The molecule has 0 spiro atoms. The number of aromatic nitrogens is 1. The van der Waals surface area contributed by atoms with Crippen molar-refractivity contribution in [2.75, 3.05) is 32.8 Å². The van der Waals surface area contributed by atoms with Crippen LogP contribution in [0.25, 0.3) is 11.1 Å². The van der Waals surface area contributed by atoms with Crippen molar-refractivity contribution >= 4 is 17.5 Å². The topological polar surface area (TPSA) is 129 Å². The van der Waals surface area contributed by atoms with Gasteiger partial charge in [0.25, 0.3) is 0 Å². The highest BCUT2D eigenvalue weighted by Crippen LogP contribution is 2.44. The number of amides is 1. The Balaban J connectivity index is 1.07. The van der Waals surface area contributed by atoms with Crippen LogP contribution in [-0.4, -0.2) is 65.8 Å². The molecule has 3 aliphatic rings. The lowest BCUT2D eigenvalue weighted by atomic mass is 9.93. The molecule has 1 aliphatic carbocycles. The highest BCUT2D eigenvalue weighted by atomic mass is 35.5. The van der Waals surface area contributed by atoms with E-state index < -0.39 is 0 Å². The number of nitriles is 1. The average molecular weight is 722 g/mol. The number of β-amino-alcohol motifs (C(OH)–C–C–N with tert-alkyl or cyclic N) is 1. The van der Waals surface area contributed by atoms with Crippen molar-refractivity contribution in [1.29, 1.82) is 5.26 Å². The SMILES string of the molecule is Cc1c(OCCCN2CC(O)C2)cccc1-c1cccc2c1CC[C@@H]2Oc1cc(OCc2cncc(C#N)c2)c(CNCC2CCC(=O)N2)cc1Cl. The molecule has 4 aromatic rings. The summed E-state index contributed by atoms with van der Waals surface area (Å²) in [5, 5.41) is 25.8. The molecule has 1 aromatic heterocycles. The molecule has 1 unspecified atom stereocenters. The standard InChI is InChI=1S/C41H44ClN5O5/c1-26-32(5-3-8-37(26)50-14-4-13-47-23-31(48)24-47)33-6-2-7-35-34(33)10-11-38(35)52-40-17-39(51-25-28-15-27(18-43)19-44-20-28)29(16-36(40)42)21-45-22-30-9-12-41(49)46-30/h2-3,5-8,15-17,19-20,30-31,38,45,48H,4,9-14,21-25H2,1H3,(H,46,49)/t30?,38-/m0/s1. The van der Waals surface area contributed by atoms with E-state index in [4.69, 9.17) is 25.8 Å². The first-order valence-corrected chi connectivity index (χ1v) is 18.4. The van der Waals surface area contributed by atoms with Gasteiger partial charge in [-0.15, -0.1) is 0 Å². The van der Waals surface area contributed by atoms with Crippen LogP contribution in [0.4, 0.5) is 0 Å². The van der Waals surface area contributed by atoms with Gasteiger partial charge in [0.1, 0.15) is 36.0 Å². The number of hydrogen-bond acceptors (Lipinski definition) is 9. The second-order valence-electron chi connectivity index (χ2n) is 13.9. The number of benzene rings is 3. The van der Waals surface area contributed by atoms with Gasteiger partial charge in [-0.1, -0.05) is 41.9 Å². The number of aliphatic hydroxyl groups is 1. The molecular formula is C41H44ClN5O5. The van der Waals surface area contributed by atoms with Gasteiger partial charge in [-0.2, -0.15) is 5.26 Å². The summed E-state index contributed by atoms with van der Waals surface area (Å²) in [7, 11) is 0. The summed E-state index contributed by atoms with van der Waals surface area (Å²) in [5.41, 5.74) is 7.96. The third-order valence-corrected chi connectivity index (χ3v) is 10.4. The lowest BCUT2D eigenvalue weighted by molar-refractivity contribution is -0.119. The van der Waals surface area contributed by atoms with E-state index in [2.05, 4.69) is 63.8 Å². The van der Waals surface area contributed by atoms with Crippen LogP contribution >= 0.6 is 11.6 Å². The van der Waals surface area contributed by atoms with Gasteiger partial charge in [0.05, 0.1) is 23.3 Å². The fourth-order valence-electron chi connectivity index (χ4n) is 7.34. The van der Waals surface area contributed by atoms with E-state index in [9.17, 15) is 15.2 Å². The summed E-state index contributed by atoms with van der Waals surface area (Å²) in [6.07, 6.45) is 6.78. The number of carbonyl (C=O) groups is 1. The number of ether oxygens (including phenoxy) is 3. The minimum Gasteiger partial charge on any atom is -0.493 e. The summed E-state index contributed by atoms with van der Waals surface area (Å²) in [6, 6.07) is 20.4. The molecule has 3 aromatic carbocycles. The normalized spacial score (nSPS) is 18.4. The zero-order valence-electron chi connectivity index (χ0n) is 29.4. The first kappa shape index (κ1) is 35.7. The molecule has 270 valence electrons. The van der Waals surface area contributed by atoms with Crippen LogP contribution in [0.3, 0.4) is 0 Å². The molecule has 11 heteroatoms. The number of pyridine rings is 1. The zero-order chi connectivity index (χ0) is 36.0. The molecule has 0 radical (unpaired) electrons. The van der Waals surface area contributed by atoms with E-state index in [1.54, 1.807) is 12.3 Å². The number of fused-ring (bicyclic) bond motifs is 1. The number of halogens is 1. The quantitative estimate of drug-likeness (QED) is 0.126. The van der Waals surface area contributed by atoms with Crippen LogP contribution < -0.4 is 24.8 Å². The molecule has 52 heavy (non-hydrogen) atoms. The van der Waals surface area contributed by atoms with E-state index in [0.717, 1.165) is 78.9 Å². The molecule has 1 amide bonds. The minimum absolute atomic E-state index is 0.0820. The number of nitrogens with one attached hydrogen (secondary N) is 2. The van der Waals surface area contributed by atoms with Crippen molar-refractivity contribution in [2.45, 2.75) is 70.4 Å². The maximum atomic E-state index is 11.7. The van der Waals surface area contributed by atoms with Crippen LogP contribution in [-0.2, 0) is 24.4 Å². The van der Waals surface area contributed by atoms with E-state index in [-0.39, 0.29) is 30.8 Å². The number of rotatable bonds is 15. The molecular weight excluding hydrogens is 678 g/mol. The molecule has 7 rings (SSSR count). The third-order valence-electron chi connectivity index (χ3n) is 10.1. The number of hydrogen-bond donors (Lipinski definition) is 3. The van der Waals surface area contributed by atoms with E-state index in [0.29, 0.717) is 48.2 Å². The van der Waals surface area contributed by atoms with Crippen molar-refractivity contribution in [3.63, 3.8) is 0 Å². The number of likely N-dealkylation sites (tertiary alicyclic amines) is 1. The Morgan fingerprint density at radius 2 is 1.88 bits per heavy atom. The van der Waals surface area contributed by atoms with Gasteiger partial charge in [0.2, 0.25) is 5.91 Å². The van der Waals surface area contributed by atoms with Gasteiger partial charge in [-0.25, -0.2) is 0 Å². The monoisotopic (exact) mass is 721 g/mol. The molecule has 10 nitrogen and oxygen atoms in total. The van der Waals surface area contributed by atoms with Gasteiger partial charge >= 0.3 is 0 Å². The van der Waals surface area contributed by atoms with Crippen LogP contribution in [0, 0.1) is 18.3 Å². The Bertz CT molecular complexity index is 1960. The maximum absolute atomic E-state index is 11.7. The first-order chi connectivity index (χ1) is 25.3. The second-order valence-corrected chi connectivity index (χ2v) is 14.3. The summed E-state index contributed by atoms with van der Waals surface area (Å²) in [4.78, 5) is 18.1. The van der Waals surface area contributed by atoms with Crippen molar-refractivity contribution in [3.05, 3.63) is 105 Å². The van der Waals surface area contributed by atoms with Gasteiger partial charge in [0, 0.05) is 74.8 Å². The Morgan fingerprint density at radius 3 is 2.69 bits per heavy atom. The Hall–Kier alpha value is -4.66. The first-order valence-electron chi connectivity index (χ1n) is 18.1. The summed E-state index contributed by atoms with van der Waals surface area (Å²) in [6.45, 7) is 6.51. The van der Waals surface area contributed by atoms with E-state index >= 15 is 0 Å². The van der Waals surface area contributed by atoms with Crippen molar-refractivity contribution in [3.8, 4) is 34.4 Å². The van der Waals surface area contributed by atoms with Crippen molar-refractivity contribution < 1.29 is 24.1 Å². The molecule has 3 N–H and O–H groups in total. The largest absolute Gasteiger partial charge is 0.493 e. The lowest BCUT2D eigenvalue weighted by Gasteiger charge is -2.35. The highest BCUT2D eigenvalue weighted by Gasteiger charge is 2.29. The molecule has 2 aliphatic heterocycles. The second kappa shape index (κ2) is 16.3. The fourth-order valence-corrected chi connectivity index (χ4v) is 7.57. The number of carbonyl (C=O) groups excluding carboxylic acids is 1. The third kappa shape index (κ3) is 8.35. The van der Waals surface area contributed by atoms with Crippen LogP contribution in [0.5, 0.6) is 17.2 Å². The van der Waals surface area contributed by atoms with Crippen molar-refractivity contribution in [1.82, 2.24) is 20.5 Å². The highest BCUT2D eigenvalue weighted by molar-refractivity contribution is 6.32. The maximum Gasteiger partial charge on any atom is 0.220 e. The molecule has 2 fully saturated rings. The molecule has 2 atom stereocenters. The summed E-state index contributed by atoms with van der Waals surface area (Å²) >= 11 is 6.90. The van der Waals surface area contributed by atoms with Crippen LogP contribution in [0.2, 0.25) is 5.02 Å². The van der Waals surface area contributed by atoms with Gasteiger partial charge < -0.3 is 30.0 Å². The van der Waals surface area contributed by atoms with Crippen LogP contribution in [0.1, 0.15) is 65.2 Å². The zero-order valence-corrected chi connectivity index (χ0v) is 30.1. The molecule has 0 saturated carbocycles. The number of nitrogens with zero attached hydrogens (tertiary/aromatic N) is 3. The van der Waals surface area contributed by atoms with E-state index in [1.807, 2.05) is 18.2 Å². The molecule has 2 saturated heterocycles. The van der Waals surface area contributed by atoms with Gasteiger partial charge in [-0.05, 0) is 78.6 Å². The summed E-state index contributed by atoms with van der Waals surface area (Å²) < 4.78 is 19.2. The minimum atomic E-state index is -0.188. The predicted molar refractivity (Wildman–Crippen MR) is 198 cm³/mol. The smallest absolute Gasteiger partial charge is 0.220 e. The van der Waals surface area contributed by atoms with Gasteiger partial charge in [-0.3, -0.25) is 14.7 Å². The van der Waals surface area contributed by atoms with Crippen LogP contribution in [0.15, 0.2) is 67.0 Å². The van der Waals surface area contributed by atoms with Gasteiger partial charge in [0.15, 0.2) is 0 Å². The lowest BCUT2D eigenvalue weighted by Crippen LogP contribution is -2.50.